The summed E-state index contributed by atoms with van der Waals surface area (Å²) in [5.74, 6) is 1.62. The third-order valence-corrected chi connectivity index (χ3v) is 3.20. The van der Waals surface area contributed by atoms with Gasteiger partial charge in [0.25, 0.3) is 0 Å². The molecule has 4 heteroatoms. The Kier molecular flexibility index (Phi) is 7.05. The predicted octanol–water partition coefficient (Wildman–Crippen LogP) is 2.84. The molecule has 0 saturated carbocycles. The first kappa shape index (κ1) is 14.3. The zero-order chi connectivity index (χ0) is 12.5. The molecular formula is C13H20BrNO2. The molecule has 1 unspecified atom stereocenters. The molecule has 0 fully saturated rings. The number of benzene rings is 1. The molecule has 0 radical (unpaired) electrons. The lowest BCUT2D eigenvalue weighted by atomic mass is 10.3. The molecular weight excluding hydrogens is 282 g/mol. The Labute approximate surface area is 112 Å². The van der Waals surface area contributed by atoms with E-state index in [0.717, 1.165) is 23.4 Å². The summed E-state index contributed by atoms with van der Waals surface area (Å²) in [6.07, 6.45) is 0. The van der Waals surface area contributed by atoms with Crippen LogP contribution in [0, 0.1) is 0 Å². The van der Waals surface area contributed by atoms with Gasteiger partial charge in [-0.2, -0.15) is 0 Å². The highest BCUT2D eigenvalue weighted by Gasteiger charge is 2.03. The van der Waals surface area contributed by atoms with Crippen LogP contribution in [0.3, 0.4) is 0 Å². The standard InChI is InChI=1S/C13H20BrNO2/c1-3-16-12-6-4-5-7-13(12)17-9-8-15-11(2)10-14/h4-7,11,15H,3,8-10H2,1-2H3. The highest BCUT2D eigenvalue weighted by Crippen LogP contribution is 2.25. The fraction of sp³-hybridized carbons (Fsp3) is 0.538. The maximum absolute atomic E-state index is 5.68. The Bertz CT molecular complexity index is 320. The van der Waals surface area contributed by atoms with Gasteiger partial charge < -0.3 is 14.8 Å². The van der Waals surface area contributed by atoms with E-state index < -0.39 is 0 Å². The van der Waals surface area contributed by atoms with E-state index in [1.807, 2.05) is 31.2 Å². The van der Waals surface area contributed by atoms with Crippen molar-refractivity contribution in [3.63, 3.8) is 0 Å². The van der Waals surface area contributed by atoms with E-state index in [1.165, 1.54) is 0 Å². The van der Waals surface area contributed by atoms with Crippen LogP contribution in [-0.4, -0.2) is 31.1 Å². The van der Waals surface area contributed by atoms with Crippen molar-refractivity contribution in [3.8, 4) is 11.5 Å². The first-order chi connectivity index (χ1) is 8.27. The van der Waals surface area contributed by atoms with Gasteiger partial charge in [0.1, 0.15) is 6.61 Å². The fourth-order valence-corrected chi connectivity index (χ4v) is 1.59. The molecule has 1 aromatic rings. The second-order valence-corrected chi connectivity index (χ2v) is 4.39. The molecule has 0 bridgehead atoms. The largest absolute Gasteiger partial charge is 0.490 e. The normalized spacial score (nSPS) is 12.2. The fourth-order valence-electron chi connectivity index (χ4n) is 1.37. The number of ether oxygens (including phenoxy) is 2. The summed E-state index contributed by atoms with van der Waals surface area (Å²) in [5, 5.41) is 4.29. The van der Waals surface area contributed by atoms with Crippen LogP contribution in [0.5, 0.6) is 11.5 Å². The second-order valence-electron chi connectivity index (χ2n) is 3.74. The third-order valence-electron chi connectivity index (χ3n) is 2.23. The van der Waals surface area contributed by atoms with E-state index in [-0.39, 0.29) is 0 Å². The summed E-state index contributed by atoms with van der Waals surface area (Å²) < 4.78 is 11.2. The van der Waals surface area contributed by atoms with Crippen LogP contribution in [-0.2, 0) is 0 Å². The van der Waals surface area contributed by atoms with Gasteiger partial charge in [-0.15, -0.1) is 0 Å². The quantitative estimate of drug-likeness (QED) is 0.592. The van der Waals surface area contributed by atoms with E-state index in [9.17, 15) is 0 Å². The van der Waals surface area contributed by atoms with Crippen LogP contribution >= 0.6 is 15.9 Å². The van der Waals surface area contributed by atoms with Gasteiger partial charge in [0.2, 0.25) is 0 Å². The zero-order valence-corrected chi connectivity index (χ0v) is 12.0. The van der Waals surface area contributed by atoms with Gasteiger partial charge in [-0.05, 0) is 26.0 Å². The third kappa shape index (κ3) is 5.41. The first-order valence-electron chi connectivity index (χ1n) is 5.92. The molecule has 0 aliphatic rings. The van der Waals surface area contributed by atoms with Crippen LogP contribution in [0.25, 0.3) is 0 Å². The monoisotopic (exact) mass is 301 g/mol. The van der Waals surface area contributed by atoms with Gasteiger partial charge >= 0.3 is 0 Å². The molecule has 1 rings (SSSR count). The number of hydrogen-bond donors (Lipinski definition) is 1. The molecule has 0 amide bonds. The molecule has 96 valence electrons. The maximum atomic E-state index is 5.68. The molecule has 1 aromatic carbocycles. The van der Waals surface area contributed by atoms with Crippen LogP contribution in [0.15, 0.2) is 24.3 Å². The Balaban J connectivity index is 2.35. The molecule has 1 N–H and O–H groups in total. The summed E-state index contributed by atoms with van der Waals surface area (Å²) in [7, 11) is 0. The molecule has 0 saturated heterocycles. The van der Waals surface area contributed by atoms with E-state index in [1.54, 1.807) is 0 Å². The smallest absolute Gasteiger partial charge is 0.161 e. The number of nitrogens with one attached hydrogen (secondary N) is 1. The summed E-state index contributed by atoms with van der Waals surface area (Å²) >= 11 is 3.42. The lowest BCUT2D eigenvalue weighted by molar-refractivity contribution is 0.273. The minimum Gasteiger partial charge on any atom is -0.490 e. The van der Waals surface area contributed by atoms with Crippen molar-refractivity contribution in [1.82, 2.24) is 5.32 Å². The average Bonchev–Trinajstić information content (AvgIpc) is 2.36. The number of halogens is 1. The topological polar surface area (TPSA) is 30.5 Å². The molecule has 0 aromatic heterocycles. The molecule has 1 atom stereocenters. The van der Waals surface area contributed by atoms with Crippen LogP contribution in [0.1, 0.15) is 13.8 Å². The number of hydrogen-bond acceptors (Lipinski definition) is 3. The first-order valence-corrected chi connectivity index (χ1v) is 7.04. The zero-order valence-electron chi connectivity index (χ0n) is 10.4. The van der Waals surface area contributed by atoms with Gasteiger partial charge in [0, 0.05) is 17.9 Å². The average molecular weight is 302 g/mol. The van der Waals surface area contributed by atoms with Crippen LogP contribution in [0.4, 0.5) is 0 Å². The lowest BCUT2D eigenvalue weighted by Crippen LogP contribution is -2.31. The highest BCUT2D eigenvalue weighted by atomic mass is 79.9. The molecule has 0 spiro atoms. The van der Waals surface area contributed by atoms with Crippen molar-refractivity contribution in [2.24, 2.45) is 0 Å². The summed E-state index contributed by atoms with van der Waals surface area (Å²) in [6.45, 7) is 6.22. The molecule has 17 heavy (non-hydrogen) atoms. The van der Waals surface area contributed by atoms with E-state index in [0.29, 0.717) is 19.3 Å². The van der Waals surface area contributed by atoms with Crippen molar-refractivity contribution in [2.75, 3.05) is 25.1 Å². The van der Waals surface area contributed by atoms with Gasteiger partial charge in [0.15, 0.2) is 11.5 Å². The summed E-state index contributed by atoms with van der Waals surface area (Å²) in [4.78, 5) is 0. The van der Waals surface area contributed by atoms with Gasteiger partial charge in [-0.25, -0.2) is 0 Å². The number of para-hydroxylation sites is 2. The second kappa shape index (κ2) is 8.37. The molecule has 0 aliphatic carbocycles. The summed E-state index contributed by atoms with van der Waals surface area (Å²) in [6, 6.07) is 8.21. The van der Waals surface area contributed by atoms with Gasteiger partial charge in [-0.3, -0.25) is 0 Å². The Morgan fingerprint density at radius 3 is 2.47 bits per heavy atom. The van der Waals surface area contributed by atoms with E-state index in [4.69, 9.17) is 9.47 Å². The van der Waals surface area contributed by atoms with Crippen molar-refractivity contribution in [2.45, 2.75) is 19.9 Å². The van der Waals surface area contributed by atoms with E-state index >= 15 is 0 Å². The Morgan fingerprint density at radius 2 is 1.88 bits per heavy atom. The van der Waals surface area contributed by atoms with Crippen LogP contribution in [0.2, 0.25) is 0 Å². The highest BCUT2D eigenvalue weighted by molar-refractivity contribution is 9.09. The number of rotatable bonds is 8. The molecule has 0 aliphatic heterocycles. The molecule has 0 heterocycles. The molecule has 3 nitrogen and oxygen atoms in total. The van der Waals surface area contributed by atoms with Crippen molar-refractivity contribution in [3.05, 3.63) is 24.3 Å². The van der Waals surface area contributed by atoms with Gasteiger partial charge in [-0.1, -0.05) is 28.1 Å². The lowest BCUT2D eigenvalue weighted by Gasteiger charge is -2.13. The van der Waals surface area contributed by atoms with E-state index in [2.05, 4.69) is 28.2 Å². The van der Waals surface area contributed by atoms with Crippen molar-refractivity contribution in [1.29, 1.82) is 0 Å². The van der Waals surface area contributed by atoms with Crippen molar-refractivity contribution < 1.29 is 9.47 Å². The number of alkyl halides is 1. The van der Waals surface area contributed by atoms with Gasteiger partial charge in [0.05, 0.1) is 6.61 Å². The Hall–Kier alpha value is -0.740. The minimum atomic E-state index is 0.459. The summed E-state index contributed by atoms with van der Waals surface area (Å²) in [5.41, 5.74) is 0. The van der Waals surface area contributed by atoms with Crippen LogP contribution < -0.4 is 14.8 Å². The maximum Gasteiger partial charge on any atom is 0.161 e. The minimum absolute atomic E-state index is 0.459. The Morgan fingerprint density at radius 1 is 1.24 bits per heavy atom. The predicted molar refractivity (Wildman–Crippen MR) is 74.4 cm³/mol. The van der Waals surface area contributed by atoms with Crippen molar-refractivity contribution >= 4 is 15.9 Å². The SMILES string of the molecule is CCOc1ccccc1OCCNC(C)CBr.